The molecule has 0 aliphatic carbocycles. The van der Waals surface area contributed by atoms with Crippen LogP contribution in [-0.4, -0.2) is 56.6 Å². The van der Waals surface area contributed by atoms with Crippen molar-refractivity contribution >= 4 is 28.9 Å². The van der Waals surface area contributed by atoms with Gasteiger partial charge in [0, 0.05) is 6.54 Å². The van der Waals surface area contributed by atoms with Crippen LogP contribution in [0, 0.1) is 11.8 Å². The maximum absolute atomic E-state index is 12.2. The van der Waals surface area contributed by atoms with E-state index >= 15 is 0 Å². The molecule has 3 heterocycles. The molecule has 3 rings (SSSR count). The number of piperidine rings is 1. The summed E-state index contributed by atoms with van der Waals surface area (Å²) < 4.78 is 4.72. The van der Waals surface area contributed by atoms with Gasteiger partial charge in [0.15, 0.2) is 0 Å². The highest BCUT2D eigenvalue weighted by atomic mass is 32.1. The number of nitrogens with zero attached hydrogens (tertiary/aromatic N) is 1. The summed E-state index contributed by atoms with van der Waals surface area (Å²) in [7, 11) is 1.34. The van der Waals surface area contributed by atoms with E-state index in [1.807, 2.05) is 0 Å². The number of methoxy groups -OCH3 is 1. The molecule has 6 nitrogen and oxygen atoms in total. The van der Waals surface area contributed by atoms with E-state index in [0.717, 1.165) is 38.5 Å². The third-order valence-corrected chi connectivity index (χ3v) is 5.36. The van der Waals surface area contributed by atoms with E-state index in [-0.39, 0.29) is 5.91 Å². The standard InChI is InChI=1S/C15H21N3O3S/c1-21-15(20)14-12(3-5-22-14)17-13(19)9-18-4-2-10-6-16-7-11(10)8-18/h3,5,10-11,16H,2,4,6-9H2,1H3,(H,17,19). The molecule has 1 amide bonds. The number of hydrogen-bond acceptors (Lipinski definition) is 6. The maximum atomic E-state index is 12.2. The molecule has 0 bridgehead atoms. The summed E-state index contributed by atoms with van der Waals surface area (Å²) in [4.78, 5) is 26.5. The van der Waals surface area contributed by atoms with E-state index in [1.54, 1.807) is 11.4 Å². The maximum Gasteiger partial charge on any atom is 0.350 e. The number of rotatable bonds is 4. The van der Waals surface area contributed by atoms with Crippen LogP contribution in [0.15, 0.2) is 11.4 Å². The van der Waals surface area contributed by atoms with Gasteiger partial charge < -0.3 is 15.4 Å². The number of amides is 1. The number of fused-ring (bicyclic) bond motifs is 1. The Morgan fingerprint density at radius 3 is 3.09 bits per heavy atom. The largest absolute Gasteiger partial charge is 0.465 e. The van der Waals surface area contributed by atoms with Gasteiger partial charge in [-0.25, -0.2) is 4.79 Å². The number of nitrogens with one attached hydrogen (secondary N) is 2. The van der Waals surface area contributed by atoms with E-state index in [0.29, 0.717) is 23.0 Å². The van der Waals surface area contributed by atoms with E-state index in [2.05, 4.69) is 15.5 Å². The molecular weight excluding hydrogens is 302 g/mol. The first kappa shape index (κ1) is 15.5. The van der Waals surface area contributed by atoms with Crippen molar-refractivity contribution < 1.29 is 14.3 Å². The van der Waals surface area contributed by atoms with Gasteiger partial charge in [-0.05, 0) is 49.3 Å². The van der Waals surface area contributed by atoms with E-state index in [1.165, 1.54) is 18.4 Å². The predicted molar refractivity (Wildman–Crippen MR) is 85.2 cm³/mol. The Morgan fingerprint density at radius 2 is 2.27 bits per heavy atom. The molecule has 22 heavy (non-hydrogen) atoms. The van der Waals surface area contributed by atoms with E-state index in [4.69, 9.17) is 4.74 Å². The summed E-state index contributed by atoms with van der Waals surface area (Å²) in [6.07, 6.45) is 1.15. The summed E-state index contributed by atoms with van der Waals surface area (Å²) in [5, 5.41) is 8.03. The fourth-order valence-corrected chi connectivity index (χ4v) is 4.07. The lowest BCUT2D eigenvalue weighted by atomic mass is 9.89. The summed E-state index contributed by atoms with van der Waals surface area (Å²) in [6.45, 7) is 4.48. The second-order valence-electron chi connectivity index (χ2n) is 5.91. The Kier molecular flexibility index (Phi) is 4.75. The zero-order valence-electron chi connectivity index (χ0n) is 12.6. The summed E-state index contributed by atoms with van der Waals surface area (Å²) in [6, 6.07) is 1.74. The second kappa shape index (κ2) is 6.76. The molecule has 1 aromatic heterocycles. The number of likely N-dealkylation sites (tertiary alicyclic amines) is 1. The molecule has 0 saturated carbocycles. The van der Waals surface area contributed by atoms with Crippen LogP contribution in [-0.2, 0) is 9.53 Å². The molecule has 2 N–H and O–H groups in total. The zero-order valence-corrected chi connectivity index (χ0v) is 13.4. The average Bonchev–Trinajstić information content (AvgIpc) is 3.14. The van der Waals surface area contributed by atoms with Gasteiger partial charge in [0.1, 0.15) is 4.88 Å². The quantitative estimate of drug-likeness (QED) is 0.810. The van der Waals surface area contributed by atoms with Crippen molar-refractivity contribution in [1.29, 1.82) is 0 Å². The van der Waals surface area contributed by atoms with Crippen LogP contribution in [0.4, 0.5) is 5.69 Å². The third-order valence-electron chi connectivity index (χ3n) is 4.47. The van der Waals surface area contributed by atoms with Crippen LogP contribution < -0.4 is 10.6 Å². The number of esters is 1. The van der Waals surface area contributed by atoms with Crippen LogP contribution in [0.1, 0.15) is 16.1 Å². The van der Waals surface area contributed by atoms with Gasteiger partial charge in [-0.1, -0.05) is 0 Å². The van der Waals surface area contributed by atoms with Crippen molar-refractivity contribution in [3.8, 4) is 0 Å². The molecule has 0 aromatic carbocycles. The highest BCUT2D eigenvalue weighted by Gasteiger charge is 2.33. The van der Waals surface area contributed by atoms with Crippen molar-refractivity contribution in [2.75, 3.05) is 45.2 Å². The molecular formula is C15H21N3O3S. The summed E-state index contributed by atoms with van der Waals surface area (Å²) in [5.41, 5.74) is 0.541. The number of carbonyl (C=O) groups excluding carboxylic acids is 2. The molecule has 2 aliphatic heterocycles. The number of anilines is 1. The first-order valence-electron chi connectivity index (χ1n) is 7.56. The van der Waals surface area contributed by atoms with Crippen LogP contribution in [0.3, 0.4) is 0 Å². The Hall–Kier alpha value is -1.44. The average molecular weight is 323 g/mol. The number of carbonyl (C=O) groups is 2. The Labute approximate surface area is 133 Å². The molecule has 0 radical (unpaired) electrons. The molecule has 2 fully saturated rings. The molecule has 2 saturated heterocycles. The smallest absolute Gasteiger partial charge is 0.350 e. The van der Waals surface area contributed by atoms with Crippen LogP contribution in [0.5, 0.6) is 0 Å². The Bertz CT molecular complexity index is 560. The van der Waals surface area contributed by atoms with Gasteiger partial charge in [0.25, 0.3) is 0 Å². The molecule has 1 aromatic rings. The summed E-state index contributed by atoms with van der Waals surface area (Å²) >= 11 is 1.27. The van der Waals surface area contributed by atoms with E-state index in [9.17, 15) is 9.59 Å². The molecule has 7 heteroatoms. The first-order chi connectivity index (χ1) is 10.7. The van der Waals surface area contributed by atoms with Crippen LogP contribution in [0.2, 0.25) is 0 Å². The predicted octanol–water partition coefficient (Wildman–Crippen LogP) is 1.01. The molecule has 2 atom stereocenters. The minimum Gasteiger partial charge on any atom is -0.465 e. The van der Waals surface area contributed by atoms with Crippen molar-refractivity contribution in [3.63, 3.8) is 0 Å². The van der Waals surface area contributed by atoms with Crippen molar-refractivity contribution in [3.05, 3.63) is 16.3 Å². The minimum atomic E-state index is -0.414. The lowest BCUT2D eigenvalue weighted by molar-refractivity contribution is -0.117. The minimum absolute atomic E-state index is 0.0760. The fourth-order valence-electron chi connectivity index (χ4n) is 3.31. The normalized spacial score (nSPS) is 24.8. The third kappa shape index (κ3) is 3.31. The zero-order chi connectivity index (χ0) is 15.5. The van der Waals surface area contributed by atoms with Gasteiger partial charge in [-0.15, -0.1) is 11.3 Å². The number of ether oxygens (including phenoxy) is 1. The van der Waals surface area contributed by atoms with Gasteiger partial charge in [-0.3, -0.25) is 9.69 Å². The number of thiophene rings is 1. The van der Waals surface area contributed by atoms with Crippen LogP contribution in [0.25, 0.3) is 0 Å². The lowest BCUT2D eigenvalue weighted by Crippen LogP contribution is -2.43. The first-order valence-corrected chi connectivity index (χ1v) is 8.44. The topological polar surface area (TPSA) is 70.7 Å². The highest BCUT2D eigenvalue weighted by molar-refractivity contribution is 7.12. The SMILES string of the molecule is COC(=O)c1sccc1NC(=O)CN1CCC2CNCC2C1. The van der Waals surface area contributed by atoms with Gasteiger partial charge in [0.05, 0.1) is 19.3 Å². The summed E-state index contributed by atoms with van der Waals surface area (Å²) in [5.74, 6) is 0.937. The van der Waals surface area contributed by atoms with Crippen molar-refractivity contribution in [2.45, 2.75) is 6.42 Å². The second-order valence-corrected chi connectivity index (χ2v) is 6.82. The van der Waals surface area contributed by atoms with Crippen LogP contribution >= 0.6 is 11.3 Å². The Balaban J connectivity index is 1.54. The lowest BCUT2D eigenvalue weighted by Gasteiger charge is -2.33. The van der Waals surface area contributed by atoms with Gasteiger partial charge in [0.2, 0.25) is 5.91 Å². The molecule has 0 spiro atoms. The van der Waals surface area contributed by atoms with E-state index < -0.39 is 5.97 Å². The monoisotopic (exact) mass is 323 g/mol. The Morgan fingerprint density at radius 1 is 1.45 bits per heavy atom. The van der Waals surface area contributed by atoms with Crippen molar-refractivity contribution in [2.24, 2.45) is 11.8 Å². The molecule has 2 unspecified atom stereocenters. The number of hydrogen-bond donors (Lipinski definition) is 2. The van der Waals surface area contributed by atoms with Crippen molar-refractivity contribution in [1.82, 2.24) is 10.2 Å². The van der Waals surface area contributed by atoms with Gasteiger partial charge >= 0.3 is 5.97 Å². The molecule has 2 aliphatic rings. The van der Waals surface area contributed by atoms with Gasteiger partial charge in [-0.2, -0.15) is 0 Å². The highest BCUT2D eigenvalue weighted by Crippen LogP contribution is 2.27. The fraction of sp³-hybridized carbons (Fsp3) is 0.600. The molecule has 120 valence electrons.